The molecule has 1 aromatic heterocycles. The first-order chi connectivity index (χ1) is 9.42. The molecule has 0 bridgehead atoms. The molecule has 0 saturated carbocycles. The summed E-state index contributed by atoms with van der Waals surface area (Å²) in [6, 6.07) is 8.28. The summed E-state index contributed by atoms with van der Waals surface area (Å²) >= 11 is 7.36. The summed E-state index contributed by atoms with van der Waals surface area (Å²) in [6.45, 7) is 2.32. The first-order valence-corrected chi connectivity index (χ1v) is 8.72. The SMILES string of the molecule is CCc1ccc(CNS(=O)(=O)c2ccc(Cl)cc2N)s1. The van der Waals surface area contributed by atoms with Gasteiger partial charge in [-0.3, -0.25) is 0 Å². The zero-order valence-electron chi connectivity index (χ0n) is 10.9. The van der Waals surface area contributed by atoms with Gasteiger partial charge in [-0.2, -0.15) is 0 Å². The van der Waals surface area contributed by atoms with Crippen LogP contribution in [-0.4, -0.2) is 8.42 Å². The zero-order chi connectivity index (χ0) is 14.8. The van der Waals surface area contributed by atoms with E-state index < -0.39 is 10.0 Å². The molecular formula is C13H15ClN2O2S2. The van der Waals surface area contributed by atoms with Crippen LogP contribution in [0.1, 0.15) is 16.7 Å². The Morgan fingerprint density at radius 3 is 2.55 bits per heavy atom. The molecule has 0 aliphatic rings. The molecule has 7 heteroatoms. The third-order valence-corrected chi connectivity index (χ3v) is 5.70. The van der Waals surface area contributed by atoms with Crippen LogP contribution < -0.4 is 10.5 Å². The van der Waals surface area contributed by atoms with Crippen LogP contribution in [0, 0.1) is 0 Å². The van der Waals surface area contributed by atoms with Gasteiger partial charge in [0, 0.05) is 21.3 Å². The number of aryl methyl sites for hydroxylation is 1. The highest BCUT2D eigenvalue weighted by molar-refractivity contribution is 7.89. The number of nitrogen functional groups attached to an aromatic ring is 1. The highest BCUT2D eigenvalue weighted by atomic mass is 35.5. The quantitative estimate of drug-likeness (QED) is 0.828. The summed E-state index contributed by atoms with van der Waals surface area (Å²) in [5, 5.41) is 0.410. The van der Waals surface area contributed by atoms with E-state index in [1.807, 2.05) is 12.1 Å². The molecule has 1 heterocycles. The van der Waals surface area contributed by atoms with E-state index in [9.17, 15) is 8.42 Å². The molecular weight excluding hydrogens is 316 g/mol. The molecule has 0 aliphatic heterocycles. The van der Waals surface area contributed by atoms with E-state index >= 15 is 0 Å². The third kappa shape index (κ3) is 3.52. The van der Waals surface area contributed by atoms with E-state index in [1.54, 1.807) is 11.3 Å². The van der Waals surface area contributed by atoms with Gasteiger partial charge in [-0.05, 0) is 36.8 Å². The van der Waals surface area contributed by atoms with Gasteiger partial charge in [-0.15, -0.1) is 11.3 Å². The van der Waals surface area contributed by atoms with Crippen molar-refractivity contribution < 1.29 is 8.42 Å². The fourth-order valence-corrected chi connectivity index (χ4v) is 4.00. The molecule has 4 nitrogen and oxygen atoms in total. The van der Waals surface area contributed by atoms with Gasteiger partial charge in [0.2, 0.25) is 10.0 Å². The summed E-state index contributed by atoms with van der Waals surface area (Å²) in [7, 11) is -3.63. The van der Waals surface area contributed by atoms with Crippen molar-refractivity contribution in [2.45, 2.75) is 24.8 Å². The number of benzene rings is 1. The average molecular weight is 331 g/mol. The van der Waals surface area contributed by atoms with Crippen LogP contribution >= 0.6 is 22.9 Å². The molecule has 20 heavy (non-hydrogen) atoms. The molecule has 2 aromatic rings. The Kier molecular flexibility index (Phi) is 4.70. The molecule has 0 saturated heterocycles. The van der Waals surface area contributed by atoms with Crippen LogP contribution in [0.15, 0.2) is 35.2 Å². The lowest BCUT2D eigenvalue weighted by Gasteiger charge is -2.08. The molecule has 0 fully saturated rings. The van der Waals surface area contributed by atoms with Gasteiger partial charge in [0.1, 0.15) is 4.90 Å². The van der Waals surface area contributed by atoms with Crippen molar-refractivity contribution in [3.8, 4) is 0 Å². The summed E-state index contributed by atoms with van der Waals surface area (Å²) in [5.41, 5.74) is 5.85. The van der Waals surface area contributed by atoms with Crippen LogP contribution in [0.2, 0.25) is 5.02 Å². The lowest BCUT2D eigenvalue weighted by atomic mass is 10.3. The van der Waals surface area contributed by atoms with Crippen LogP contribution in [0.3, 0.4) is 0 Å². The van der Waals surface area contributed by atoms with Crippen molar-refractivity contribution in [1.29, 1.82) is 0 Å². The predicted octanol–water partition coefficient (Wildman–Crippen LogP) is 3.02. The molecule has 0 amide bonds. The van der Waals surface area contributed by atoms with Gasteiger partial charge in [-0.25, -0.2) is 13.1 Å². The minimum absolute atomic E-state index is 0.0502. The highest BCUT2D eigenvalue weighted by Gasteiger charge is 2.17. The summed E-state index contributed by atoms with van der Waals surface area (Å²) in [4.78, 5) is 2.25. The van der Waals surface area contributed by atoms with Crippen LogP contribution in [0.25, 0.3) is 0 Å². The number of sulfonamides is 1. The maximum absolute atomic E-state index is 12.2. The molecule has 3 N–H and O–H groups in total. The fraction of sp³-hybridized carbons (Fsp3) is 0.231. The van der Waals surface area contributed by atoms with Crippen molar-refractivity contribution in [3.63, 3.8) is 0 Å². The Morgan fingerprint density at radius 1 is 1.25 bits per heavy atom. The van der Waals surface area contributed by atoms with Crippen molar-refractivity contribution in [2.24, 2.45) is 0 Å². The average Bonchev–Trinajstić information content (AvgIpc) is 2.84. The monoisotopic (exact) mass is 330 g/mol. The number of nitrogens with two attached hydrogens (primary N) is 1. The summed E-state index contributed by atoms with van der Waals surface area (Å²) in [6.07, 6.45) is 0.946. The number of thiophene rings is 1. The van der Waals surface area contributed by atoms with Crippen LogP contribution in [0.5, 0.6) is 0 Å². The first-order valence-electron chi connectivity index (χ1n) is 6.04. The second-order valence-corrected chi connectivity index (χ2v) is 7.65. The van der Waals surface area contributed by atoms with Crippen molar-refractivity contribution in [2.75, 3.05) is 5.73 Å². The lowest BCUT2D eigenvalue weighted by molar-refractivity contribution is 0.582. The summed E-state index contributed by atoms with van der Waals surface area (Å²) in [5.74, 6) is 0. The first kappa shape index (κ1) is 15.3. The van der Waals surface area contributed by atoms with Crippen molar-refractivity contribution >= 4 is 38.6 Å². The third-order valence-electron chi connectivity index (χ3n) is 2.76. The smallest absolute Gasteiger partial charge is 0.242 e. The molecule has 1 aromatic carbocycles. The maximum atomic E-state index is 12.2. The number of rotatable bonds is 5. The summed E-state index contributed by atoms with van der Waals surface area (Å²) < 4.78 is 26.9. The molecule has 0 spiro atoms. The Hall–Kier alpha value is -1.08. The second kappa shape index (κ2) is 6.13. The van der Waals surface area contributed by atoms with Gasteiger partial charge < -0.3 is 5.73 Å². The minimum atomic E-state index is -3.63. The topological polar surface area (TPSA) is 72.2 Å². The second-order valence-electron chi connectivity index (χ2n) is 4.23. The molecule has 0 radical (unpaired) electrons. The number of hydrogen-bond donors (Lipinski definition) is 2. The van der Waals surface area contributed by atoms with E-state index in [1.165, 1.54) is 23.1 Å². The van der Waals surface area contributed by atoms with E-state index in [2.05, 4.69) is 11.6 Å². The normalized spacial score (nSPS) is 11.7. The molecule has 0 unspecified atom stereocenters. The molecule has 108 valence electrons. The Labute approximate surface area is 127 Å². The van der Waals surface area contributed by atoms with Crippen LogP contribution in [-0.2, 0) is 23.0 Å². The molecule has 2 rings (SSSR count). The largest absolute Gasteiger partial charge is 0.398 e. The Bertz CT molecular complexity index is 711. The predicted molar refractivity (Wildman–Crippen MR) is 83.6 cm³/mol. The van der Waals surface area contributed by atoms with E-state index in [0.717, 1.165) is 11.3 Å². The van der Waals surface area contributed by atoms with Crippen LogP contribution in [0.4, 0.5) is 5.69 Å². The van der Waals surface area contributed by atoms with Crippen molar-refractivity contribution in [1.82, 2.24) is 4.72 Å². The number of halogens is 1. The number of anilines is 1. The van der Waals surface area contributed by atoms with Gasteiger partial charge in [0.05, 0.1) is 5.69 Å². The number of nitrogens with one attached hydrogen (secondary N) is 1. The zero-order valence-corrected chi connectivity index (χ0v) is 13.3. The van der Waals surface area contributed by atoms with Gasteiger partial charge in [0.15, 0.2) is 0 Å². The van der Waals surface area contributed by atoms with Gasteiger partial charge in [0.25, 0.3) is 0 Å². The van der Waals surface area contributed by atoms with Gasteiger partial charge in [-0.1, -0.05) is 18.5 Å². The van der Waals surface area contributed by atoms with E-state index in [0.29, 0.717) is 5.02 Å². The Balaban J connectivity index is 2.14. The molecule has 0 aliphatic carbocycles. The van der Waals surface area contributed by atoms with E-state index in [4.69, 9.17) is 17.3 Å². The maximum Gasteiger partial charge on any atom is 0.242 e. The minimum Gasteiger partial charge on any atom is -0.398 e. The molecule has 0 atom stereocenters. The highest BCUT2D eigenvalue weighted by Crippen LogP contribution is 2.23. The fourth-order valence-electron chi connectivity index (χ4n) is 1.72. The standard InChI is InChI=1S/C13H15ClN2O2S2/c1-2-10-4-5-11(19-10)8-16-20(17,18)13-6-3-9(14)7-12(13)15/h3-7,16H,2,8,15H2,1H3. The van der Waals surface area contributed by atoms with Gasteiger partial charge >= 0.3 is 0 Å². The number of hydrogen-bond acceptors (Lipinski definition) is 4. The van der Waals surface area contributed by atoms with Crippen molar-refractivity contribution in [3.05, 3.63) is 45.1 Å². The van der Waals surface area contributed by atoms with E-state index in [-0.39, 0.29) is 17.1 Å². The Morgan fingerprint density at radius 2 is 1.95 bits per heavy atom. The lowest BCUT2D eigenvalue weighted by Crippen LogP contribution is -2.23.